The number of carbonyl (C=O) groups excluding carboxylic acids is 1. The number of likely N-dealkylation sites (N-methyl/N-ethyl adjacent to an activating group) is 1. The molecular formula is C21H19Cl2NO3S2. The van der Waals surface area contributed by atoms with Gasteiger partial charge in [0.05, 0.1) is 21.6 Å². The Bertz CT molecular complexity index is 978. The number of ether oxygens (including phenoxy) is 2. The zero-order valence-electron chi connectivity index (χ0n) is 15.9. The summed E-state index contributed by atoms with van der Waals surface area (Å²) >= 11 is 18.6. The molecule has 1 aliphatic rings. The summed E-state index contributed by atoms with van der Waals surface area (Å²) in [7, 11) is 0. The topological polar surface area (TPSA) is 38.8 Å². The van der Waals surface area contributed by atoms with Crippen molar-refractivity contribution < 1.29 is 14.3 Å². The average molecular weight is 468 g/mol. The number of halogens is 2. The minimum Gasteiger partial charge on any atom is -0.490 e. The molecule has 2 aromatic carbocycles. The molecule has 1 aliphatic heterocycles. The van der Waals surface area contributed by atoms with Crippen LogP contribution < -0.4 is 9.47 Å². The fourth-order valence-electron chi connectivity index (χ4n) is 2.72. The van der Waals surface area contributed by atoms with Crippen LogP contribution in [0, 0.1) is 0 Å². The number of carbonyl (C=O) groups is 1. The number of thiocarbonyl (C=S) groups is 1. The molecule has 1 heterocycles. The van der Waals surface area contributed by atoms with Gasteiger partial charge in [-0.15, -0.1) is 0 Å². The SMILES string of the molecule is CCOc1cc(/C=C2/SC(=S)N(CC)C2=O)ccc1OCc1ccc(Cl)c(Cl)c1. The summed E-state index contributed by atoms with van der Waals surface area (Å²) in [5.74, 6) is 1.14. The van der Waals surface area contributed by atoms with Gasteiger partial charge in [-0.2, -0.15) is 0 Å². The molecule has 0 N–H and O–H groups in total. The van der Waals surface area contributed by atoms with Gasteiger partial charge in [-0.1, -0.05) is 59.3 Å². The average Bonchev–Trinajstić information content (AvgIpc) is 2.96. The zero-order valence-corrected chi connectivity index (χ0v) is 19.1. The van der Waals surface area contributed by atoms with E-state index in [9.17, 15) is 4.79 Å². The fourth-order valence-corrected chi connectivity index (χ4v) is 4.42. The van der Waals surface area contributed by atoms with Crippen molar-refractivity contribution in [2.24, 2.45) is 0 Å². The van der Waals surface area contributed by atoms with Crippen molar-refractivity contribution in [2.45, 2.75) is 20.5 Å². The highest BCUT2D eigenvalue weighted by atomic mass is 35.5. The summed E-state index contributed by atoms with van der Waals surface area (Å²) in [6.45, 7) is 5.19. The Labute approximate surface area is 189 Å². The first-order chi connectivity index (χ1) is 13.9. The Morgan fingerprint density at radius 2 is 1.86 bits per heavy atom. The number of hydrogen-bond acceptors (Lipinski definition) is 5. The van der Waals surface area contributed by atoms with Gasteiger partial charge in [0.2, 0.25) is 0 Å². The van der Waals surface area contributed by atoms with E-state index in [-0.39, 0.29) is 5.91 Å². The van der Waals surface area contributed by atoms with Gasteiger partial charge in [-0.05, 0) is 55.3 Å². The highest BCUT2D eigenvalue weighted by Gasteiger charge is 2.30. The summed E-state index contributed by atoms with van der Waals surface area (Å²) < 4.78 is 12.2. The molecule has 0 saturated carbocycles. The lowest BCUT2D eigenvalue weighted by Gasteiger charge is -2.13. The quantitative estimate of drug-likeness (QED) is 0.358. The van der Waals surface area contributed by atoms with Gasteiger partial charge in [-0.25, -0.2) is 0 Å². The Morgan fingerprint density at radius 1 is 1.07 bits per heavy atom. The lowest BCUT2D eigenvalue weighted by molar-refractivity contribution is -0.121. The standard InChI is InChI=1S/C21H19Cl2NO3S2/c1-3-24-20(25)19(29-21(24)28)11-13-6-8-17(18(10-13)26-4-2)27-12-14-5-7-15(22)16(23)9-14/h5-11H,3-4,12H2,1-2H3/b19-11+. The normalized spacial score (nSPS) is 15.3. The van der Waals surface area contributed by atoms with Crippen molar-refractivity contribution >= 4 is 63.5 Å². The largest absolute Gasteiger partial charge is 0.490 e. The van der Waals surface area contributed by atoms with E-state index in [1.807, 2.05) is 44.2 Å². The Balaban J connectivity index is 1.80. The summed E-state index contributed by atoms with van der Waals surface area (Å²) in [6, 6.07) is 10.9. The lowest BCUT2D eigenvalue weighted by atomic mass is 10.1. The maximum atomic E-state index is 12.4. The third-order valence-electron chi connectivity index (χ3n) is 4.13. The number of nitrogens with zero attached hydrogens (tertiary/aromatic N) is 1. The second-order valence-corrected chi connectivity index (χ2v) is 8.59. The Morgan fingerprint density at radius 3 is 2.52 bits per heavy atom. The second-order valence-electron chi connectivity index (χ2n) is 6.10. The highest BCUT2D eigenvalue weighted by Crippen LogP contribution is 2.35. The fraction of sp³-hybridized carbons (Fsp3) is 0.238. The van der Waals surface area contributed by atoms with Crippen LogP contribution in [0.1, 0.15) is 25.0 Å². The van der Waals surface area contributed by atoms with E-state index in [1.165, 1.54) is 11.8 Å². The van der Waals surface area contributed by atoms with Gasteiger partial charge in [-0.3, -0.25) is 9.69 Å². The number of thioether (sulfide) groups is 1. The van der Waals surface area contributed by atoms with E-state index >= 15 is 0 Å². The van der Waals surface area contributed by atoms with Crippen molar-refractivity contribution in [3.05, 3.63) is 62.5 Å². The number of benzene rings is 2. The highest BCUT2D eigenvalue weighted by molar-refractivity contribution is 8.26. The van der Waals surface area contributed by atoms with Crippen LogP contribution in [0.25, 0.3) is 6.08 Å². The first kappa shape index (κ1) is 22.0. The zero-order chi connectivity index (χ0) is 21.0. The van der Waals surface area contributed by atoms with E-state index < -0.39 is 0 Å². The third-order valence-corrected chi connectivity index (χ3v) is 6.25. The maximum Gasteiger partial charge on any atom is 0.266 e. The first-order valence-corrected chi connectivity index (χ1v) is 11.0. The van der Waals surface area contributed by atoms with Crippen molar-refractivity contribution in [2.75, 3.05) is 13.2 Å². The van der Waals surface area contributed by atoms with Gasteiger partial charge < -0.3 is 9.47 Å². The molecule has 29 heavy (non-hydrogen) atoms. The molecular weight excluding hydrogens is 449 g/mol. The van der Waals surface area contributed by atoms with Gasteiger partial charge in [0, 0.05) is 6.54 Å². The summed E-state index contributed by atoms with van der Waals surface area (Å²) in [5.41, 5.74) is 1.74. The lowest BCUT2D eigenvalue weighted by Crippen LogP contribution is -2.27. The Kier molecular flexibility index (Phi) is 7.46. The molecule has 1 amide bonds. The van der Waals surface area contributed by atoms with Crippen molar-refractivity contribution in [3.8, 4) is 11.5 Å². The smallest absolute Gasteiger partial charge is 0.266 e. The summed E-state index contributed by atoms with van der Waals surface area (Å²) in [5, 5.41) is 0.987. The number of rotatable bonds is 7. The van der Waals surface area contributed by atoms with Crippen LogP contribution in [0.15, 0.2) is 41.3 Å². The predicted octanol–water partition coefficient (Wildman–Crippen LogP) is 6.19. The molecule has 0 aromatic heterocycles. The monoisotopic (exact) mass is 467 g/mol. The first-order valence-electron chi connectivity index (χ1n) is 9.01. The van der Waals surface area contributed by atoms with Crippen LogP contribution in [0.4, 0.5) is 0 Å². The molecule has 2 aromatic rings. The van der Waals surface area contributed by atoms with Crippen molar-refractivity contribution in [3.63, 3.8) is 0 Å². The molecule has 3 rings (SSSR count). The van der Waals surface area contributed by atoms with E-state index in [0.29, 0.717) is 50.5 Å². The van der Waals surface area contributed by atoms with Gasteiger partial charge in [0.25, 0.3) is 5.91 Å². The van der Waals surface area contributed by atoms with Crippen LogP contribution in [-0.4, -0.2) is 28.3 Å². The molecule has 0 bridgehead atoms. The summed E-state index contributed by atoms with van der Waals surface area (Å²) in [6.07, 6.45) is 1.82. The van der Waals surface area contributed by atoms with Crippen LogP contribution in [0.3, 0.4) is 0 Å². The Hall–Kier alpha value is -1.73. The molecule has 1 fully saturated rings. The summed E-state index contributed by atoms with van der Waals surface area (Å²) in [4.78, 5) is 14.6. The van der Waals surface area contributed by atoms with Crippen LogP contribution >= 0.6 is 47.2 Å². The third kappa shape index (κ3) is 5.25. The molecule has 8 heteroatoms. The second kappa shape index (κ2) is 9.85. The maximum absolute atomic E-state index is 12.4. The van der Waals surface area contributed by atoms with E-state index in [1.54, 1.807) is 17.0 Å². The van der Waals surface area contributed by atoms with Crippen molar-refractivity contribution in [1.29, 1.82) is 0 Å². The van der Waals surface area contributed by atoms with Crippen molar-refractivity contribution in [1.82, 2.24) is 4.90 Å². The van der Waals surface area contributed by atoms with E-state index in [0.717, 1.165) is 11.1 Å². The predicted molar refractivity (Wildman–Crippen MR) is 124 cm³/mol. The van der Waals surface area contributed by atoms with E-state index in [4.69, 9.17) is 44.9 Å². The van der Waals surface area contributed by atoms with Crippen LogP contribution in [0.2, 0.25) is 10.0 Å². The van der Waals surface area contributed by atoms with Gasteiger partial charge in [0.15, 0.2) is 11.5 Å². The number of amides is 1. The molecule has 0 unspecified atom stereocenters. The molecule has 1 saturated heterocycles. The molecule has 0 spiro atoms. The molecule has 0 aliphatic carbocycles. The van der Waals surface area contributed by atoms with Crippen LogP contribution in [0.5, 0.6) is 11.5 Å². The van der Waals surface area contributed by atoms with Gasteiger partial charge >= 0.3 is 0 Å². The minimum atomic E-state index is -0.0691. The molecule has 4 nitrogen and oxygen atoms in total. The minimum absolute atomic E-state index is 0.0691. The molecule has 152 valence electrons. The van der Waals surface area contributed by atoms with Gasteiger partial charge in [0.1, 0.15) is 10.9 Å². The number of hydrogen-bond donors (Lipinski definition) is 0. The van der Waals surface area contributed by atoms with E-state index in [2.05, 4.69) is 0 Å². The molecule has 0 radical (unpaired) electrons. The van der Waals surface area contributed by atoms with Crippen LogP contribution in [-0.2, 0) is 11.4 Å². The molecule has 0 atom stereocenters.